The summed E-state index contributed by atoms with van der Waals surface area (Å²) in [6, 6.07) is 1.39. The van der Waals surface area contributed by atoms with Gasteiger partial charge in [0.2, 0.25) is 0 Å². The van der Waals surface area contributed by atoms with Crippen LogP contribution in [-0.2, 0) is 0 Å². The lowest BCUT2D eigenvalue weighted by Gasteiger charge is -2.37. The molecular weight excluding hydrogens is 172 g/mol. The molecule has 3 aliphatic rings. The summed E-state index contributed by atoms with van der Waals surface area (Å²) in [5.74, 6) is 2.10. The smallest absolute Gasteiger partial charge is 0.0168 e. The van der Waals surface area contributed by atoms with Gasteiger partial charge in [-0.05, 0) is 56.9 Å². The van der Waals surface area contributed by atoms with E-state index in [2.05, 4.69) is 4.90 Å². The second-order valence-corrected chi connectivity index (χ2v) is 5.56. The van der Waals surface area contributed by atoms with Crippen molar-refractivity contribution < 1.29 is 0 Å². The minimum atomic E-state index is 0.462. The van der Waals surface area contributed by atoms with Crippen LogP contribution >= 0.6 is 0 Å². The average Bonchev–Trinajstić information content (AvgIpc) is 2.98. The van der Waals surface area contributed by atoms with Crippen molar-refractivity contribution in [2.24, 2.45) is 17.6 Å². The molecule has 2 saturated carbocycles. The average molecular weight is 194 g/mol. The summed E-state index contributed by atoms with van der Waals surface area (Å²) in [6.07, 6.45) is 8.55. The molecule has 1 heterocycles. The van der Waals surface area contributed by atoms with Crippen LogP contribution in [0.15, 0.2) is 0 Å². The molecule has 3 rings (SSSR count). The second kappa shape index (κ2) is 3.49. The quantitative estimate of drug-likeness (QED) is 0.739. The number of nitrogens with zero attached hydrogens (tertiary/aromatic N) is 1. The van der Waals surface area contributed by atoms with E-state index in [0.29, 0.717) is 6.04 Å². The van der Waals surface area contributed by atoms with Gasteiger partial charge in [-0.3, -0.25) is 4.90 Å². The van der Waals surface area contributed by atoms with Crippen LogP contribution in [0.1, 0.15) is 38.5 Å². The minimum Gasteiger partial charge on any atom is -0.327 e. The molecule has 0 aromatic carbocycles. The summed E-state index contributed by atoms with van der Waals surface area (Å²) in [7, 11) is 0. The van der Waals surface area contributed by atoms with Crippen LogP contribution in [-0.4, -0.2) is 30.1 Å². The van der Waals surface area contributed by atoms with Crippen molar-refractivity contribution in [2.45, 2.75) is 50.6 Å². The molecule has 2 aliphatic carbocycles. The van der Waals surface area contributed by atoms with Gasteiger partial charge >= 0.3 is 0 Å². The Morgan fingerprint density at radius 2 is 1.64 bits per heavy atom. The monoisotopic (exact) mass is 194 g/mol. The SMILES string of the molecule is NC1CCCN(C(C2CC2)C2CC2)C1. The normalized spacial score (nSPS) is 35.1. The van der Waals surface area contributed by atoms with Crippen LogP contribution in [0.5, 0.6) is 0 Å². The van der Waals surface area contributed by atoms with Crippen LogP contribution in [0.25, 0.3) is 0 Å². The van der Waals surface area contributed by atoms with Gasteiger partial charge in [0.25, 0.3) is 0 Å². The molecule has 1 saturated heterocycles. The molecule has 0 bridgehead atoms. The maximum absolute atomic E-state index is 6.06. The maximum atomic E-state index is 6.06. The van der Waals surface area contributed by atoms with E-state index < -0.39 is 0 Å². The Bertz CT molecular complexity index is 196. The highest BCUT2D eigenvalue weighted by molar-refractivity contribution is 4.99. The molecule has 0 spiro atoms. The zero-order valence-corrected chi connectivity index (χ0v) is 8.99. The highest BCUT2D eigenvalue weighted by Gasteiger charge is 2.45. The Labute approximate surface area is 86.8 Å². The molecule has 0 radical (unpaired) electrons. The van der Waals surface area contributed by atoms with Gasteiger partial charge in [-0.15, -0.1) is 0 Å². The first kappa shape index (κ1) is 9.17. The Balaban J connectivity index is 1.64. The van der Waals surface area contributed by atoms with Gasteiger partial charge in [0.1, 0.15) is 0 Å². The van der Waals surface area contributed by atoms with Crippen molar-refractivity contribution in [3.63, 3.8) is 0 Å². The second-order valence-electron chi connectivity index (χ2n) is 5.56. The zero-order valence-electron chi connectivity index (χ0n) is 8.99. The molecule has 1 unspecified atom stereocenters. The lowest BCUT2D eigenvalue weighted by molar-refractivity contribution is 0.118. The maximum Gasteiger partial charge on any atom is 0.0168 e. The van der Waals surface area contributed by atoms with Crippen molar-refractivity contribution in [3.05, 3.63) is 0 Å². The first-order valence-electron chi connectivity index (χ1n) is 6.34. The van der Waals surface area contributed by atoms with Crippen LogP contribution in [0.4, 0.5) is 0 Å². The number of piperidine rings is 1. The van der Waals surface area contributed by atoms with Crippen molar-refractivity contribution in [1.29, 1.82) is 0 Å². The molecule has 2 N–H and O–H groups in total. The molecule has 0 aromatic heterocycles. The van der Waals surface area contributed by atoms with Gasteiger partial charge in [-0.1, -0.05) is 0 Å². The van der Waals surface area contributed by atoms with Gasteiger partial charge in [0.15, 0.2) is 0 Å². The molecule has 2 heteroatoms. The fraction of sp³-hybridized carbons (Fsp3) is 1.00. The van der Waals surface area contributed by atoms with E-state index in [9.17, 15) is 0 Å². The Morgan fingerprint density at radius 3 is 2.14 bits per heavy atom. The number of hydrogen-bond donors (Lipinski definition) is 1. The van der Waals surface area contributed by atoms with Crippen LogP contribution in [0.2, 0.25) is 0 Å². The predicted octanol–water partition coefficient (Wildman–Crippen LogP) is 1.60. The Kier molecular flexibility index (Phi) is 2.29. The van der Waals surface area contributed by atoms with E-state index in [0.717, 1.165) is 17.9 Å². The Hall–Kier alpha value is -0.0800. The highest BCUT2D eigenvalue weighted by atomic mass is 15.2. The van der Waals surface area contributed by atoms with Gasteiger partial charge < -0.3 is 5.73 Å². The fourth-order valence-corrected chi connectivity index (χ4v) is 3.17. The summed E-state index contributed by atoms with van der Waals surface area (Å²) < 4.78 is 0. The lowest BCUT2D eigenvalue weighted by Crippen LogP contribution is -2.49. The van der Waals surface area contributed by atoms with Crippen molar-refractivity contribution >= 4 is 0 Å². The number of rotatable bonds is 3. The molecule has 0 aromatic rings. The third-order valence-corrected chi connectivity index (χ3v) is 4.12. The number of likely N-dealkylation sites (tertiary alicyclic amines) is 1. The van der Waals surface area contributed by atoms with E-state index in [1.165, 1.54) is 51.6 Å². The lowest BCUT2D eigenvalue weighted by atomic mass is 9.99. The van der Waals surface area contributed by atoms with Crippen LogP contribution in [0, 0.1) is 11.8 Å². The highest BCUT2D eigenvalue weighted by Crippen LogP contribution is 2.47. The summed E-state index contributed by atoms with van der Waals surface area (Å²) in [4.78, 5) is 2.73. The molecule has 0 amide bonds. The molecule has 1 atom stereocenters. The molecule has 1 aliphatic heterocycles. The van der Waals surface area contributed by atoms with Gasteiger partial charge in [0.05, 0.1) is 0 Å². The summed E-state index contributed by atoms with van der Waals surface area (Å²) in [5, 5.41) is 0. The Morgan fingerprint density at radius 1 is 1.00 bits per heavy atom. The minimum absolute atomic E-state index is 0.462. The van der Waals surface area contributed by atoms with Crippen molar-refractivity contribution in [2.75, 3.05) is 13.1 Å². The predicted molar refractivity (Wildman–Crippen MR) is 58.0 cm³/mol. The molecule has 14 heavy (non-hydrogen) atoms. The zero-order chi connectivity index (χ0) is 9.54. The summed E-state index contributed by atoms with van der Waals surface area (Å²) in [5.41, 5.74) is 6.06. The largest absolute Gasteiger partial charge is 0.327 e. The summed E-state index contributed by atoms with van der Waals surface area (Å²) >= 11 is 0. The van der Waals surface area contributed by atoms with E-state index in [1.54, 1.807) is 0 Å². The van der Waals surface area contributed by atoms with E-state index >= 15 is 0 Å². The van der Waals surface area contributed by atoms with Gasteiger partial charge in [-0.2, -0.15) is 0 Å². The number of hydrogen-bond acceptors (Lipinski definition) is 2. The first-order chi connectivity index (χ1) is 6.84. The number of nitrogens with two attached hydrogens (primary N) is 1. The fourth-order valence-electron chi connectivity index (χ4n) is 3.17. The molecule has 2 nitrogen and oxygen atoms in total. The van der Waals surface area contributed by atoms with Crippen molar-refractivity contribution in [1.82, 2.24) is 4.90 Å². The first-order valence-corrected chi connectivity index (χ1v) is 6.34. The van der Waals surface area contributed by atoms with Crippen LogP contribution in [0.3, 0.4) is 0 Å². The molecular formula is C12H22N2. The third-order valence-electron chi connectivity index (χ3n) is 4.12. The molecule has 3 fully saturated rings. The van der Waals surface area contributed by atoms with Crippen molar-refractivity contribution in [3.8, 4) is 0 Å². The standard InChI is InChI=1S/C12H22N2/c13-11-2-1-7-14(8-11)12(9-3-4-9)10-5-6-10/h9-12H,1-8,13H2. The van der Waals surface area contributed by atoms with E-state index in [-0.39, 0.29) is 0 Å². The summed E-state index contributed by atoms with van der Waals surface area (Å²) in [6.45, 7) is 2.50. The third kappa shape index (κ3) is 1.82. The van der Waals surface area contributed by atoms with E-state index in [1.807, 2.05) is 0 Å². The topological polar surface area (TPSA) is 29.3 Å². The van der Waals surface area contributed by atoms with Crippen LogP contribution < -0.4 is 5.73 Å². The van der Waals surface area contributed by atoms with Gasteiger partial charge in [0, 0.05) is 18.6 Å². The molecule has 80 valence electrons. The van der Waals surface area contributed by atoms with E-state index in [4.69, 9.17) is 5.73 Å². The van der Waals surface area contributed by atoms with Gasteiger partial charge in [-0.25, -0.2) is 0 Å².